The van der Waals surface area contributed by atoms with Crippen LogP contribution in [0.25, 0.3) is 0 Å². The van der Waals surface area contributed by atoms with Crippen molar-refractivity contribution < 1.29 is 4.74 Å². The van der Waals surface area contributed by atoms with Crippen molar-refractivity contribution in [3.05, 3.63) is 0 Å². The second kappa shape index (κ2) is 3.49. The molecule has 1 saturated heterocycles. The topological polar surface area (TPSA) is 35.2 Å². The zero-order valence-corrected chi connectivity index (χ0v) is 9.51. The maximum absolute atomic E-state index is 6.24. The normalized spacial score (nSPS) is 42.6. The van der Waals surface area contributed by atoms with Crippen LogP contribution in [0.15, 0.2) is 0 Å². The largest absolute Gasteiger partial charge is 0.373 e. The molecule has 2 N–H and O–H groups in total. The highest BCUT2D eigenvalue weighted by Gasteiger charge is 2.46. The van der Waals surface area contributed by atoms with Crippen molar-refractivity contribution >= 4 is 0 Å². The summed E-state index contributed by atoms with van der Waals surface area (Å²) in [4.78, 5) is 0. The van der Waals surface area contributed by atoms with E-state index in [0.29, 0.717) is 5.41 Å². The SMILES string of the molecule is CC1(C)CC[C@@H](N)[C@@]2(CCCCO2)C1. The van der Waals surface area contributed by atoms with E-state index in [1.165, 1.54) is 25.7 Å². The molecule has 1 aliphatic heterocycles. The minimum absolute atomic E-state index is 0.0278. The van der Waals surface area contributed by atoms with Gasteiger partial charge in [-0.25, -0.2) is 0 Å². The summed E-state index contributed by atoms with van der Waals surface area (Å²) >= 11 is 0. The molecule has 0 amide bonds. The monoisotopic (exact) mass is 197 g/mol. The average molecular weight is 197 g/mol. The lowest BCUT2D eigenvalue weighted by Crippen LogP contribution is -2.57. The third-order valence-corrected chi connectivity index (χ3v) is 3.97. The Kier molecular flexibility index (Phi) is 2.61. The van der Waals surface area contributed by atoms with Gasteiger partial charge in [-0.2, -0.15) is 0 Å². The van der Waals surface area contributed by atoms with Crippen LogP contribution in [0.1, 0.15) is 52.4 Å². The smallest absolute Gasteiger partial charge is 0.0837 e. The van der Waals surface area contributed by atoms with E-state index in [1.807, 2.05) is 0 Å². The number of nitrogens with two attached hydrogens (primary N) is 1. The highest BCUT2D eigenvalue weighted by molar-refractivity contribution is 5.01. The molecule has 14 heavy (non-hydrogen) atoms. The molecule has 0 bridgehead atoms. The first-order valence-electron chi connectivity index (χ1n) is 5.94. The second-order valence-corrected chi connectivity index (χ2v) is 5.86. The average Bonchev–Trinajstić information content (AvgIpc) is 2.13. The Morgan fingerprint density at radius 2 is 2.00 bits per heavy atom. The van der Waals surface area contributed by atoms with Gasteiger partial charge in [0.15, 0.2) is 0 Å². The first-order chi connectivity index (χ1) is 6.54. The van der Waals surface area contributed by atoms with E-state index in [4.69, 9.17) is 10.5 Å². The Bertz CT molecular complexity index is 206. The van der Waals surface area contributed by atoms with Crippen LogP contribution in [0, 0.1) is 5.41 Å². The minimum atomic E-state index is 0.0278. The Morgan fingerprint density at radius 3 is 2.64 bits per heavy atom. The summed E-state index contributed by atoms with van der Waals surface area (Å²) in [6.45, 7) is 5.61. The molecule has 2 aliphatic rings. The van der Waals surface area contributed by atoms with E-state index in [1.54, 1.807) is 0 Å². The van der Waals surface area contributed by atoms with Crippen LogP contribution >= 0.6 is 0 Å². The van der Waals surface area contributed by atoms with Crippen LogP contribution in [0.4, 0.5) is 0 Å². The summed E-state index contributed by atoms with van der Waals surface area (Å²) in [7, 11) is 0. The summed E-state index contributed by atoms with van der Waals surface area (Å²) in [6.07, 6.45) is 7.23. The van der Waals surface area contributed by atoms with E-state index >= 15 is 0 Å². The molecule has 0 unspecified atom stereocenters. The zero-order chi connectivity index (χ0) is 10.2. The third-order valence-electron chi connectivity index (χ3n) is 3.97. The first-order valence-corrected chi connectivity index (χ1v) is 5.94. The third kappa shape index (κ3) is 1.82. The Labute approximate surface area is 87.2 Å². The molecular formula is C12H23NO. The lowest BCUT2D eigenvalue weighted by Gasteiger charge is -2.50. The van der Waals surface area contributed by atoms with E-state index in [0.717, 1.165) is 19.4 Å². The van der Waals surface area contributed by atoms with Gasteiger partial charge in [-0.1, -0.05) is 13.8 Å². The van der Waals surface area contributed by atoms with Crippen molar-refractivity contribution in [2.24, 2.45) is 11.1 Å². The summed E-state index contributed by atoms with van der Waals surface area (Å²) < 4.78 is 6.03. The van der Waals surface area contributed by atoms with Crippen LogP contribution in [0.3, 0.4) is 0 Å². The Morgan fingerprint density at radius 1 is 1.21 bits per heavy atom. The van der Waals surface area contributed by atoms with E-state index in [-0.39, 0.29) is 11.6 Å². The molecule has 0 aromatic rings. The van der Waals surface area contributed by atoms with Crippen LogP contribution in [0.2, 0.25) is 0 Å². The Balaban J connectivity index is 2.13. The summed E-state index contributed by atoms with van der Waals surface area (Å²) in [6, 6.07) is 0.274. The Hall–Kier alpha value is -0.0800. The first kappa shape index (κ1) is 10.4. The molecule has 2 heteroatoms. The van der Waals surface area contributed by atoms with Crippen LogP contribution < -0.4 is 5.73 Å². The van der Waals surface area contributed by atoms with E-state index in [2.05, 4.69) is 13.8 Å². The molecular weight excluding hydrogens is 174 g/mol. The second-order valence-electron chi connectivity index (χ2n) is 5.86. The quantitative estimate of drug-likeness (QED) is 0.647. The van der Waals surface area contributed by atoms with Crippen molar-refractivity contribution in [3.8, 4) is 0 Å². The highest BCUT2D eigenvalue weighted by Crippen LogP contribution is 2.46. The molecule has 0 aromatic heterocycles. The molecule has 0 radical (unpaired) electrons. The number of ether oxygens (including phenoxy) is 1. The highest BCUT2D eigenvalue weighted by atomic mass is 16.5. The molecule has 1 saturated carbocycles. The number of hydrogen-bond donors (Lipinski definition) is 1. The fourth-order valence-corrected chi connectivity index (χ4v) is 3.14. The van der Waals surface area contributed by atoms with Gasteiger partial charge in [0.2, 0.25) is 0 Å². The van der Waals surface area contributed by atoms with Crippen LogP contribution in [-0.4, -0.2) is 18.2 Å². The zero-order valence-electron chi connectivity index (χ0n) is 9.51. The standard InChI is InChI=1S/C12H23NO/c1-11(2)7-5-10(13)12(9-11)6-3-4-8-14-12/h10H,3-9,13H2,1-2H3/t10-,12-/m1/s1. The number of hydrogen-bond acceptors (Lipinski definition) is 2. The van der Waals surface area contributed by atoms with Crippen molar-refractivity contribution in [2.75, 3.05) is 6.61 Å². The van der Waals surface area contributed by atoms with Gasteiger partial charge in [-0.3, -0.25) is 0 Å². The summed E-state index contributed by atoms with van der Waals surface area (Å²) in [5.74, 6) is 0. The predicted octanol–water partition coefficient (Wildman–Crippen LogP) is 2.46. The van der Waals surface area contributed by atoms with Crippen molar-refractivity contribution in [1.29, 1.82) is 0 Å². The molecule has 2 nitrogen and oxygen atoms in total. The lowest BCUT2D eigenvalue weighted by molar-refractivity contribution is -0.135. The van der Waals surface area contributed by atoms with E-state index in [9.17, 15) is 0 Å². The molecule has 1 heterocycles. The van der Waals surface area contributed by atoms with Gasteiger partial charge in [-0.05, 0) is 43.9 Å². The maximum Gasteiger partial charge on any atom is 0.0837 e. The minimum Gasteiger partial charge on any atom is -0.373 e. The van der Waals surface area contributed by atoms with Gasteiger partial charge in [0.25, 0.3) is 0 Å². The molecule has 2 fully saturated rings. The molecule has 2 atom stereocenters. The fourth-order valence-electron chi connectivity index (χ4n) is 3.14. The van der Waals surface area contributed by atoms with Crippen molar-refractivity contribution in [1.82, 2.24) is 0 Å². The van der Waals surface area contributed by atoms with Crippen LogP contribution in [0.5, 0.6) is 0 Å². The van der Waals surface area contributed by atoms with Gasteiger partial charge in [0.1, 0.15) is 0 Å². The van der Waals surface area contributed by atoms with Gasteiger partial charge in [0.05, 0.1) is 5.60 Å². The summed E-state index contributed by atoms with van der Waals surface area (Å²) in [5.41, 5.74) is 6.69. The van der Waals surface area contributed by atoms with E-state index < -0.39 is 0 Å². The summed E-state index contributed by atoms with van der Waals surface area (Å²) in [5, 5.41) is 0. The maximum atomic E-state index is 6.24. The molecule has 1 spiro atoms. The fraction of sp³-hybridized carbons (Fsp3) is 1.00. The number of rotatable bonds is 0. The lowest BCUT2D eigenvalue weighted by atomic mass is 9.65. The van der Waals surface area contributed by atoms with Gasteiger partial charge in [-0.15, -0.1) is 0 Å². The van der Waals surface area contributed by atoms with Crippen LogP contribution in [-0.2, 0) is 4.74 Å². The van der Waals surface area contributed by atoms with Crippen molar-refractivity contribution in [2.45, 2.75) is 64.0 Å². The predicted molar refractivity (Wildman–Crippen MR) is 58.1 cm³/mol. The van der Waals surface area contributed by atoms with Gasteiger partial charge >= 0.3 is 0 Å². The van der Waals surface area contributed by atoms with Crippen molar-refractivity contribution in [3.63, 3.8) is 0 Å². The molecule has 82 valence electrons. The molecule has 2 rings (SSSR count). The molecule has 0 aromatic carbocycles. The van der Waals surface area contributed by atoms with Gasteiger partial charge in [0, 0.05) is 12.6 Å². The van der Waals surface area contributed by atoms with Gasteiger partial charge < -0.3 is 10.5 Å². The molecule has 1 aliphatic carbocycles.